The van der Waals surface area contributed by atoms with E-state index in [9.17, 15) is 14.4 Å². The zero-order chi connectivity index (χ0) is 44.2. The number of esters is 1. The van der Waals surface area contributed by atoms with E-state index in [1.54, 1.807) is 17.8 Å². The molecule has 18 heteroatoms. The van der Waals surface area contributed by atoms with Crippen LogP contribution in [0.2, 0.25) is 0 Å². The van der Waals surface area contributed by atoms with Gasteiger partial charge in [-0.15, -0.1) is 11.3 Å². The van der Waals surface area contributed by atoms with Crippen molar-refractivity contribution in [1.29, 1.82) is 0 Å². The highest BCUT2D eigenvalue weighted by Crippen LogP contribution is 2.30. The molecule has 2 fully saturated rings. The van der Waals surface area contributed by atoms with E-state index in [4.69, 9.17) is 52.4 Å². The van der Waals surface area contributed by atoms with Gasteiger partial charge in [-0.05, 0) is 55.7 Å². The van der Waals surface area contributed by atoms with E-state index in [0.29, 0.717) is 148 Å². The van der Waals surface area contributed by atoms with Gasteiger partial charge in [-0.2, -0.15) is 0 Å². The second-order valence-corrected chi connectivity index (χ2v) is 16.8. The standard InChI is InChI=1S/C45H70N4O13S/c1-53-16-17-54-18-19-55-20-21-56-22-23-57-24-25-58-26-27-59-28-29-60-30-31-61-32-33-62-40(50)15-13-38-12-14-39(63-38)42-46-41-43(47-42)48(34-36-8-4-2-5-9-36)45(52)49(44(41)51)35-37-10-6-3-7-11-37/h12-15,36-37H,2-11,16-35H2,1H3,(H,46,47). The van der Waals surface area contributed by atoms with Crippen LogP contribution in [0.15, 0.2) is 27.8 Å². The van der Waals surface area contributed by atoms with Crippen LogP contribution in [0.3, 0.4) is 0 Å². The van der Waals surface area contributed by atoms with Gasteiger partial charge < -0.3 is 52.4 Å². The SMILES string of the molecule is COCCOCCOCCOCCOCCOCCOCCOCCOCCOC(=O)C=Cc1ccc(-c2nc3c([nH]2)c(=O)n(CC2CCCCC2)c(=O)n3CC2CCCCC2)s1. The molecule has 0 atom stereocenters. The van der Waals surface area contributed by atoms with Crippen molar-refractivity contribution in [3.05, 3.63) is 43.9 Å². The minimum absolute atomic E-state index is 0.114. The largest absolute Gasteiger partial charge is 0.460 e. The predicted molar refractivity (Wildman–Crippen MR) is 239 cm³/mol. The van der Waals surface area contributed by atoms with Crippen LogP contribution in [0.4, 0.5) is 0 Å². The Bertz CT molecular complexity index is 1850. The van der Waals surface area contributed by atoms with Gasteiger partial charge in [-0.3, -0.25) is 13.9 Å². The van der Waals surface area contributed by atoms with Crippen LogP contribution in [-0.2, 0) is 65.3 Å². The average molecular weight is 907 g/mol. The fraction of sp³-hybridized carbons (Fsp3) is 0.733. The third kappa shape index (κ3) is 19.0. The van der Waals surface area contributed by atoms with Crippen LogP contribution in [0.5, 0.6) is 0 Å². The van der Waals surface area contributed by atoms with Crippen LogP contribution in [0.25, 0.3) is 27.9 Å². The van der Waals surface area contributed by atoms with E-state index < -0.39 is 5.97 Å². The molecule has 0 amide bonds. The lowest BCUT2D eigenvalue weighted by Crippen LogP contribution is -2.42. The number of aromatic amines is 1. The van der Waals surface area contributed by atoms with Gasteiger partial charge in [0.15, 0.2) is 11.5 Å². The predicted octanol–water partition coefficient (Wildman–Crippen LogP) is 5.11. The lowest BCUT2D eigenvalue weighted by molar-refractivity contribution is -0.139. The van der Waals surface area contributed by atoms with Crippen molar-refractivity contribution in [3.63, 3.8) is 0 Å². The first-order valence-corrected chi connectivity index (χ1v) is 23.6. The molecule has 0 saturated heterocycles. The van der Waals surface area contributed by atoms with Gasteiger partial charge in [0, 0.05) is 31.2 Å². The van der Waals surface area contributed by atoms with Crippen LogP contribution in [0, 0.1) is 11.8 Å². The Morgan fingerprint density at radius 1 is 0.635 bits per heavy atom. The van der Waals surface area contributed by atoms with Crippen molar-refractivity contribution < 1.29 is 52.2 Å². The maximum Gasteiger partial charge on any atom is 0.332 e. The molecule has 3 aromatic rings. The highest BCUT2D eigenvalue weighted by molar-refractivity contribution is 7.16. The number of hydrogen-bond donors (Lipinski definition) is 1. The van der Waals surface area contributed by atoms with Crippen LogP contribution < -0.4 is 11.2 Å². The fourth-order valence-corrected chi connectivity index (χ4v) is 8.47. The lowest BCUT2D eigenvalue weighted by Gasteiger charge is -2.24. The number of methoxy groups -OCH3 is 1. The minimum Gasteiger partial charge on any atom is -0.460 e. The molecule has 0 aliphatic heterocycles. The number of fused-ring (bicyclic) bond motifs is 1. The maximum absolute atomic E-state index is 13.9. The van der Waals surface area contributed by atoms with Crippen molar-refractivity contribution in [2.75, 3.05) is 126 Å². The van der Waals surface area contributed by atoms with E-state index in [1.807, 2.05) is 12.1 Å². The van der Waals surface area contributed by atoms with Crippen molar-refractivity contribution >= 4 is 34.5 Å². The molecule has 0 unspecified atom stereocenters. The molecular weight excluding hydrogens is 837 g/mol. The van der Waals surface area contributed by atoms with Crippen molar-refractivity contribution in [1.82, 2.24) is 19.1 Å². The van der Waals surface area contributed by atoms with Crippen molar-refractivity contribution in [2.45, 2.75) is 77.3 Å². The summed E-state index contributed by atoms with van der Waals surface area (Å²) in [7, 11) is 1.64. The number of thiophene rings is 1. The molecule has 2 aliphatic carbocycles. The molecule has 0 radical (unpaired) electrons. The summed E-state index contributed by atoms with van der Waals surface area (Å²) in [5.41, 5.74) is 0.247. The quantitative estimate of drug-likeness (QED) is 0.0474. The Hall–Kier alpha value is -3.30. The molecule has 0 aromatic carbocycles. The third-order valence-electron chi connectivity index (χ3n) is 10.9. The molecule has 17 nitrogen and oxygen atoms in total. The second kappa shape index (κ2) is 30.8. The normalized spacial score (nSPS) is 15.3. The van der Waals surface area contributed by atoms with Crippen molar-refractivity contribution in [2.24, 2.45) is 11.8 Å². The van der Waals surface area contributed by atoms with Crippen LogP contribution in [-0.4, -0.2) is 151 Å². The molecule has 1 N–H and O–H groups in total. The number of carbonyl (C=O) groups excluding carboxylic acids is 1. The fourth-order valence-electron chi connectivity index (χ4n) is 7.62. The average Bonchev–Trinajstić information content (AvgIpc) is 3.97. The Morgan fingerprint density at radius 2 is 1.08 bits per heavy atom. The first-order chi connectivity index (χ1) is 31.0. The number of H-pyrrole nitrogens is 1. The van der Waals surface area contributed by atoms with Gasteiger partial charge >= 0.3 is 11.7 Å². The molecule has 2 aliphatic rings. The first-order valence-electron chi connectivity index (χ1n) is 22.8. The van der Waals surface area contributed by atoms with E-state index in [2.05, 4.69) is 4.98 Å². The summed E-state index contributed by atoms with van der Waals surface area (Å²) in [6.45, 7) is 9.16. The summed E-state index contributed by atoms with van der Waals surface area (Å²) in [5, 5.41) is 0. The second-order valence-electron chi connectivity index (χ2n) is 15.7. The molecule has 5 rings (SSSR count). The highest BCUT2D eigenvalue weighted by Gasteiger charge is 2.24. The van der Waals surface area contributed by atoms with E-state index in [-0.39, 0.29) is 24.5 Å². The topological polar surface area (TPSA) is 182 Å². The number of nitrogens with zero attached hydrogens (tertiary/aromatic N) is 3. The molecular formula is C45H70N4O13S. The van der Waals surface area contributed by atoms with Gasteiger partial charge in [0.05, 0.1) is 117 Å². The molecule has 2 saturated carbocycles. The van der Waals surface area contributed by atoms with Crippen LogP contribution in [0.1, 0.15) is 69.1 Å². The number of imidazole rings is 1. The molecule has 354 valence electrons. The highest BCUT2D eigenvalue weighted by atomic mass is 32.1. The summed E-state index contributed by atoms with van der Waals surface area (Å²) < 4.78 is 57.1. The number of carbonyl (C=O) groups is 1. The Morgan fingerprint density at radius 3 is 1.56 bits per heavy atom. The van der Waals surface area contributed by atoms with Gasteiger partial charge in [0.1, 0.15) is 12.1 Å². The van der Waals surface area contributed by atoms with Gasteiger partial charge in [0.25, 0.3) is 5.56 Å². The first kappa shape index (κ1) is 50.7. The zero-order valence-corrected chi connectivity index (χ0v) is 38.1. The van der Waals surface area contributed by atoms with Gasteiger partial charge in [-0.1, -0.05) is 38.5 Å². The summed E-state index contributed by atoms with van der Waals surface area (Å²) in [5.74, 6) is 0.784. The van der Waals surface area contributed by atoms with Gasteiger partial charge in [0.2, 0.25) is 0 Å². The summed E-state index contributed by atoms with van der Waals surface area (Å²) in [6, 6.07) is 3.78. The number of ether oxygens (including phenoxy) is 10. The molecule has 3 heterocycles. The summed E-state index contributed by atoms with van der Waals surface area (Å²) >= 11 is 1.43. The van der Waals surface area contributed by atoms with Crippen molar-refractivity contribution in [3.8, 4) is 10.7 Å². The third-order valence-corrected chi connectivity index (χ3v) is 12.0. The number of rotatable bonds is 34. The Labute approximate surface area is 374 Å². The number of aromatic nitrogens is 4. The molecule has 63 heavy (non-hydrogen) atoms. The summed E-state index contributed by atoms with van der Waals surface area (Å²) in [4.78, 5) is 49.8. The molecule has 0 bridgehead atoms. The molecule has 3 aromatic heterocycles. The number of nitrogens with one attached hydrogen (secondary N) is 1. The summed E-state index contributed by atoms with van der Waals surface area (Å²) in [6.07, 6.45) is 14.4. The van der Waals surface area contributed by atoms with E-state index in [1.165, 1.54) is 34.8 Å². The molecule has 0 spiro atoms. The minimum atomic E-state index is -0.480. The van der Waals surface area contributed by atoms with E-state index >= 15 is 0 Å². The smallest absolute Gasteiger partial charge is 0.332 e. The van der Waals surface area contributed by atoms with Gasteiger partial charge in [-0.25, -0.2) is 14.6 Å². The monoisotopic (exact) mass is 906 g/mol. The zero-order valence-electron chi connectivity index (χ0n) is 37.2. The van der Waals surface area contributed by atoms with Crippen LogP contribution >= 0.6 is 11.3 Å². The lowest BCUT2D eigenvalue weighted by atomic mass is 9.89. The Kier molecular flexibility index (Phi) is 24.8. The van der Waals surface area contributed by atoms with E-state index in [0.717, 1.165) is 61.1 Å². The Balaban J connectivity index is 0.887. The maximum atomic E-state index is 13.9. The number of hydrogen-bond acceptors (Lipinski definition) is 15.